The zero-order valence-corrected chi connectivity index (χ0v) is 13.8. The summed E-state index contributed by atoms with van der Waals surface area (Å²) in [7, 11) is 0. The Labute approximate surface area is 142 Å². The number of aromatic hydroxyl groups is 2. The van der Waals surface area contributed by atoms with Crippen LogP contribution < -0.4 is 5.32 Å². The molecule has 0 aliphatic rings. The summed E-state index contributed by atoms with van der Waals surface area (Å²) < 4.78 is 0. The number of carbonyl (C=O) groups is 1. The molecule has 23 heavy (non-hydrogen) atoms. The molecule has 2 aromatic rings. The standard InChI is InChI=1S/C18H21NO3.ClH/c1-13(5-6-14-3-2-4-17(21)11-14)19-12-18(22)15-7-9-16(20)10-8-15;/h2-4,7-11,13,19-21H,5-6,12H2,1H3;1H. The van der Waals surface area contributed by atoms with Crippen molar-refractivity contribution in [2.75, 3.05) is 6.54 Å². The van der Waals surface area contributed by atoms with Gasteiger partial charge in [0.2, 0.25) is 0 Å². The Balaban J connectivity index is 0.00000264. The molecule has 1 atom stereocenters. The Morgan fingerprint density at radius 2 is 1.78 bits per heavy atom. The summed E-state index contributed by atoms with van der Waals surface area (Å²) in [6.07, 6.45) is 1.72. The molecule has 2 rings (SSSR count). The van der Waals surface area contributed by atoms with E-state index in [9.17, 15) is 15.0 Å². The van der Waals surface area contributed by atoms with E-state index in [1.165, 1.54) is 12.1 Å². The van der Waals surface area contributed by atoms with Crippen LogP contribution in [0.15, 0.2) is 48.5 Å². The quantitative estimate of drug-likeness (QED) is 0.679. The SMILES string of the molecule is CC(CCc1cccc(O)c1)NCC(=O)c1ccc(O)cc1.Cl. The predicted molar refractivity (Wildman–Crippen MR) is 93.6 cm³/mol. The molecule has 0 heterocycles. The molecule has 124 valence electrons. The largest absolute Gasteiger partial charge is 0.508 e. The van der Waals surface area contributed by atoms with Crippen molar-refractivity contribution >= 4 is 18.2 Å². The van der Waals surface area contributed by atoms with Crippen LogP contribution >= 0.6 is 12.4 Å². The van der Waals surface area contributed by atoms with Crippen LogP contribution in [0.25, 0.3) is 0 Å². The van der Waals surface area contributed by atoms with E-state index >= 15 is 0 Å². The van der Waals surface area contributed by atoms with Gasteiger partial charge in [-0.05, 0) is 61.7 Å². The Morgan fingerprint density at radius 3 is 2.43 bits per heavy atom. The monoisotopic (exact) mass is 335 g/mol. The van der Waals surface area contributed by atoms with Gasteiger partial charge in [0.25, 0.3) is 0 Å². The number of phenolic OH excluding ortho intramolecular Hbond substituents is 2. The number of benzene rings is 2. The smallest absolute Gasteiger partial charge is 0.176 e. The van der Waals surface area contributed by atoms with Gasteiger partial charge in [-0.2, -0.15) is 0 Å². The van der Waals surface area contributed by atoms with Crippen molar-refractivity contribution in [2.45, 2.75) is 25.8 Å². The summed E-state index contributed by atoms with van der Waals surface area (Å²) in [6.45, 7) is 2.30. The van der Waals surface area contributed by atoms with Gasteiger partial charge < -0.3 is 15.5 Å². The minimum Gasteiger partial charge on any atom is -0.508 e. The average molecular weight is 336 g/mol. The van der Waals surface area contributed by atoms with Crippen molar-refractivity contribution in [3.05, 3.63) is 59.7 Å². The predicted octanol–water partition coefficient (Wildman–Crippen LogP) is 3.31. The fraction of sp³-hybridized carbons (Fsp3) is 0.278. The van der Waals surface area contributed by atoms with Gasteiger partial charge in [-0.3, -0.25) is 4.79 Å². The lowest BCUT2D eigenvalue weighted by molar-refractivity contribution is 0.0987. The summed E-state index contributed by atoms with van der Waals surface area (Å²) in [5, 5.41) is 21.8. The Kier molecular flexibility index (Phi) is 7.59. The minimum atomic E-state index is 0. The highest BCUT2D eigenvalue weighted by Crippen LogP contribution is 2.13. The Bertz CT molecular complexity index is 628. The first-order chi connectivity index (χ1) is 10.5. The van der Waals surface area contributed by atoms with Crippen LogP contribution in [0.2, 0.25) is 0 Å². The van der Waals surface area contributed by atoms with Crippen molar-refractivity contribution in [1.29, 1.82) is 0 Å². The lowest BCUT2D eigenvalue weighted by Gasteiger charge is -2.13. The van der Waals surface area contributed by atoms with Gasteiger partial charge >= 0.3 is 0 Å². The Morgan fingerprint density at radius 1 is 1.09 bits per heavy atom. The molecule has 0 amide bonds. The Hall–Kier alpha value is -2.04. The zero-order valence-electron chi connectivity index (χ0n) is 13.0. The molecule has 0 aliphatic heterocycles. The van der Waals surface area contributed by atoms with Crippen LogP contribution in [0.1, 0.15) is 29.3 Å². The number of hydrogen-bond donors (Lipinski definition) is 3. The van der Waals surface area contributed by atoms with E-state index in [1.807, 2.05) is 19.1 Å². The maximum absolute atomic E-state index is 12.0. The molecule has 5 heteroatoms. The maximum Gasteiger partial charge on any atom is 0.176 e. The highest BCUT2D eigenvalue weighted by molar-refractivity contribution is 5.97. The van der Waals surface area contributed by atoms with Crippen LogP contribution in [0.3, 0.4) is 0 Å². The van der Waals surface area contributed by atoms with E-state index in [0.29, 0.717) is 5.56 Å². The second-order valence-corrected chi connectivity index (χ2v) is 5.46. The molecular formula is C18H22ClNO3. The summed E-state index contributed by atoms with van der Waals surface area (Å²) >= 11 is 0. The number of hydrogen-bond acceptors (Lipinski definition) is 4. The average Bonchev–Trinajstić information content (AvgIpc) is 2.51. The molecule has 0 fully saturated rings. The highest BCUT2D eigenvalue weighted by Gasteiger charge is 2.08. The number of rotatable bonds is 7. The lowest BCUT2D eigenvalue weighted by atomic mass is 10.1. The summed E-state index contributed by atoms with van der Waals surface area (Å²) in [5.74, 6) is 0.439. The van der Waals surface area contributed by atoms with Crippen LogP contribution in [0.5, 0.6) is 11.5 Å². The number of ketones is 1. The van der Waals surface area contributed by atoms with Gasteiger partial charge in [0, 0.05) is 11.6 Å². The third kappa shape index (κ3) is 6.30. The van der Waals surface area contributed by atoms with Crippen molar-refractivity contribution in [2.24, 2.45) is 0 Å². The molecule has 2 aromatic carbocycles. The zero-order chi connectivity index (χ0) is 15.9. The van der Waals surface area contributed by atoms with Crippen molar-refractivity contribution in [1.82, 2.24) is 5.32 Å². The normalized spacial score (nSPS) is 11.5. The van der Waals surface area contributed by atoms with Crippen molar-refractivity contribution in [3.8, 4) is 11.5 Å². The van der Waals surface area contributed by atoms with Crippen LogP contribution in [-0.2, 0) is 6.42 Å². The van der Waals surface area contributed by atoms with Crippen molar-refractivity contribution < 1.29 is 15.0 Å². The van der Waals surface area contributed by atoms with Gasteiger partial charge in [-0.25, -0.2) is 0 Å². The molecule has 0 bridgehead atoms. The molecular weight excluding hydrogens is 314 g/mol. The van der Waals surface area contributed by atoms with E-state index in [-0.39, 0.29) is 42.3 Å². The van der Waals surface area contributed by atoms with Gasteiger partial charge in [0.1, 0.15) is 11.5 Å². The van der Waals surface area contributed by atoms with Crippen LogP contribution in [-0.4, -0.2) is 28.6 Å². The second kappa shape index (κ2) is 9.18. The van der Waals surface area contributed by atoms with E-state index in [4.69, 9.17) is 0 Å². The number of nitrogens with one attached hydrogen (secondary N) is 1. The summed E-state index contributed by atoms with van der Waals surface area (Å²) in [4.78, 5) is 12.0. The first kappa shape index (κ1) is 19.0. The fourth-order valence-electron chi connectivity index (χ4n) is 2.21. The van der Waals surface area contributed by atoms with Crippen LogP contribution in [0.4, 0.5) is 0 Å². The highest BCUT2D eigenvalue weighted by atomic mass is 35.5. The summed E-state index contributed by atoms with van der Waals surface area (Å²) in [6, 6.07) is 13.7. The molecule has 0 aromatic heterocycles. The van der Waals surface area contributed by atoms with E-state index in [2.05, 4.69) is 5.32 Å². The molecule has 3 N–H and O–H groups in total. The van der Waals surface area contributed by atoms with E-state index in [1.54, 1.807) is 24.3 Å². The van der Waals surface area contributed by atoms with Crippen molar-refractivity contribution in [3.63, 3.8) is 0 Å². The van der Waals surface area contributed by atoms with E-state index in [0.717, 1.165) is 18.4 Å². The number of aryl methyl sites for hydroxylation is 1. The van der Waals surface area contributed by atoms with E-state index < -0.39 is 0 Å². The molecule has 0 saturated carbocycles. The molecule has 1 unspecified atom stereocenters. The number of halogens is 1. The van der Waals surface area contributed by atoms with Gasteiger partial charge in [0.05, 0.1) is 6.54 Å². The molecule has 0 spiro atoms. The topological polar surface area (TPSA) is 69.6 Å². The molecule has 4 nitrogen and oxygen atoms in total. The van der Waals surface area contributed by atoms with Gasteiger partial charge in [-0.1, -0.05) is 12.1 Å². The number of Topliss-reactive ketones (excluding diaryl/α,β-unsaturated/α-hetero) is 1. The van der Waals surface area contributed by atoms with Gasteiger partial charge in [0.15, 0.2) is 5.78 Å². The summed E-state index contributed by atoms with van der Waals surface area (Å²) in [5.41, 5.74) is 1.67. The first-order valence-corrected chi connectivity index (χ1v) is 7.38. The third-order valence-corrected chi connectivity index (χ3v) is 3.58. The molecule has 0 saturated heterocycles. The van der Waals surface area contributed by atoms with Gasteiger partial charge in [-0.15, -0.1) is 12.4 Å². The first-order valence-electron chi connectivity index (χ1n) is 7.38. The number of phenols is 2. The second-order valence-electron chi connectivity index (χ2n) is 5.46. The maximum atomic E-state index is 12.0. The number of carbonyl (C=O) groups excluding carboxylic acids is 1. The van der Waals surface area contributed by atoms with Crippen LogP contribution in [0, 0.1) is 0 Å². The minimum absolute atomic E-state index is 0. The molecule has 0 aliphatic carbocycles. The molecule has 0 radical (unpaired) electrons. The third-order valence-electron chi connectivity index (χ3n) is 3.58. The fourth-order valence-corrected chi connectivity index (χ4v) is 2.21. The lowest BCUT2D eigenvalue weighted by Crippen LogP contribution is -2.31.